The van der Waals surface area contributed by atoms with Gasteiger partial charge < -0.3 is 10.6 Å². The average molecular weight is 291 g/mol. The summed E-state index contributed by atoms with van der Waals surface area (Å²) in [6, 6.07) is 0.543. The summed E-state index contributed by atoms with van der Waals surface area (Å²) in [5, 5.41) is 11.2. The maximum atomic E-state index is 4.33. The highest BCUT2D eigenvalue weighted by Gasteiger charge is 2.24. The zero-order chi connectivity index (χ0) is 15.2. The van der Waals surface area contributed by atoms with Crippen LogP contribution in [0.25, 0.3) is 0 Å². The van der Waals surface area contributed by atoms with Gasteiger partial charge in [0.1, 0.15) is 0 Å². The van der Waals surface area contributed by atoms with Gasteiger partial charge in [0.05, 0.1) is 12.7 Å². The molecule has 1 aliphatic carbocycles. The van der Waals surface area contributed by atoms with Gasteiger partial charge >= 0.3 is 0 Å². The lowest BCUT2D eigenvalue weighted by molar-refractivity contribution is 0.255. The van der Waals surface area contributed by atoms with Gasteiger partial charge in [-0.05, 0) is 43.6 Å². The third-order valence-electron chi connectivity index (χ3n) is 4.14. The van der Waals surface area contributed by atoms with E-state index >= 15 is 0 Å². The van der Waals surface area contributed by atoms with E-state index in [1.165, 1.54) is 24.8 Å². The van der Waals surface area contributed by atoms with Crippen molar-refractivity contribution in [1.82, 2.24) is 20.4 Å². The zero-order valence-corrected chi connectivity index (χ0v) is 13.8. The van der Waals surface area contributed by atoms with E-state index in [1.807, 2.05) is 17.9 Å². The molecule has 2 atom stereocenters. The van der Waals surface area contributed by atoms with Crippen molar-refractivity contribution in [2.24, 2.45) is 16.8 Å². The first-order chi connectivity index (χ1) is 10.1. The monoisotopic (exact) mass is 291 g/mol. The van der Waals surface area contributed by atoms with Crippen LogP contribution in [0.3, 0.4) is 0 Å². The Kier molecular flexibility index (Phi) is 5.65. The van der Waals surface area contributed by atoms with Gasteiger partial charge in [-0.25, -0.2) is 0 Å². The minimum atomic E-state index is 0.543. The second kappa shape index (κ2) is 7.48. The van der Waals surface area contributed by atoms with E-state index in [0.717, 1.165) is 30.9 Å². The molecule has 2 N–H and O–H groups in total. The molecule has 1 aromatic rings. The molecule has 5 nitrogen and oxygen atoms in total. The zero-order valence-electron chi connectivity index (χ0n) is 13.8. The van der Waals surface area contributed by atoms with E-state index in [1.54, 1.807) is 0 Å². The second-order valence-electron chi connectivity index (χ2n) is 6.54. The Labute approximate surface area is 128 Å². The molecule has 0 aliphatic heterocycles. The Bertz CT molecular complexity index is 455. The SMILES string of the molecule is CN=C(NCCn1cc(C)cn1)NC1CC(C)CC(C)C1. The number of aromatic nitrogens is 2. The summed E-state index contributed by atoms with van der Waals surface area (Å²) in [5.41, 5.74) is 1.20. The van der Waals surface area contributed by atoms with Crippen molar-refractivity contribution in [3.8, 4) is 0 Å². The highest BCUT2D eigenvalue weighted by Crippen LogP contribution is 2.28. The van der Waals surface area contributed by atoms with Crippen molar-refractivity contribution in [2.45, 2.75) is 52.6 Å². The van der Waals surface area contributed by atoms with Crippen LogP contribution in [-0.2, 0) is 6.54 Å². The summed E-state index contributed by atoms with van der Waals surface area (Å²) in [5.74, 6) is 2.51. The van der Waals surface area contributed by atoms with Crippen LogP contribution < -0.4 is 10.6 Å². The number of nitrogens with one attached hydrogen (secondary N) is 2. The molecule has 2 unspecified atom stereocenters. The predicted molar refractivity (Wildman–Crippen MR) is 87.4 cm³/mol. The Morgan fingerprint density at radius 3 is 2.62 bits per heavy atom. The second-order valence-corrected chi connectivity index (χ2v) is 6.54. The van der Waals surface area contributed by atoms with E-state index in [2.05, 4.69) is 47.7 Å². The van der Waals surface area contributed by atoms with E-state index in [4.69, 9.17) is 0 Å². The number of aliphatic imine (C=N–C) groups is 1. The van der Waals surface area contributed by atoms with Crippen LogP contribution in [0.5, 0.6) is 0 Å². The van der Waals surface area contributed by atoms with Gasteiger partial charge in [-0.15, -0.1) is 0 Å². The number of aryl methyl sites for hydroxylation is 1. The van der Waals surface area contributed by atoms with Gasteiger partial charge in [-0.1, -0.05) is 13.8 Å². The molecule has 1 aliphatic rings. The van der Waals surface area contributed by atoms with Crippen molar-refractivity contribution < 1.29 is 0 Å². The van der Waals surface area contributed by atoms with Gasteiger partial charge in [-0.3, -0.25) is 9.67 Å². The first kappa shape index (κ1) is 15.9. The molecule has 1 saturated carbocycles. The van der Waals surface area contributed by atoms with Crippen molar-refractivity contribution >= 4 is 5.96 Å². The first-order valence-corrected chi connectivity index (χ1v) is 8.03. The largest absolute Gasteiger partial charge is 0.355 e. The minimum absolute atomic E-state index is 0.543. The Morgan fingerprint density at radius 2 is 2.05 bits per heavy atom. The van der Waals surface area contributed by atoms with E-state index in [9.17, 15) is 0 Å². The van der Waals surface area contributed by atoms with Crippen LogP contribution >= 0.6 is 0 Å². The maximum absolute atomic E-state index is 4.33. The topological polar surface area (TPSA) is 54.2 Å². The van der Waals surface area contributed by atoms with Crippen LogP contribution in [0.15, 0.2) is 17.4 Å². The third-order valence-corrected chi connectivity index (χ3v) is 4.14. The average Bonchev–Trinajstić information content (AvgIpc) is 2.82. The molecule has 5 heteroatoms. The summed E-state index contributed by atoms with van der Waals surface area (Å²) in [6.45, 7) is 8.44. The molecule has 118 valence electrons. The molecule has 0 radical (unpaired) electrons. The van der Waals surface area contributed by atoms with Crippen LogP contribution in [-0.4, -0.2) is 35.4 Å². The highest BCUT2D eigenvalue weighted by atomic mass is 15.3. The summed E-state index contributed by atoms with van der Waals surface area (Å²) in [7, 11) is 1.84. The number of nitrogens with zero attached hydrogens (tertiary/aromatic N) is 3. The van der Waals surface area contributed by atoms with Crippen LogP contribution in [0, 0.1) is 18.8 Å². The lowest BCUT2D eigenvalue weighted by Crippen LogP contribution is -2.46. The van der Waals surface area contributed by atoms with Crippen molar-refractivity contribution in [3.63, 3.8) is 0 Å². The maximum Gasteiger partial charge on any atom is 0.191 e. The fourth-order valence-corrected chi connectivity index (χ4v) is 3.33. The third kappa shape index (κ3) is 5.06. The van der Waals surface area contributed by atoms with E-state index in [0.29, 0.717) is 6.04 Å². The molecule has 1 aromatic heterocycles. The quantitative estimate of drug-likeness (QED) is 0.660. The highest BCUT2D eigenvalue weighted by molar-refractivity contribution is 5.79. The molecule has 2 rings (SSSR count). The fraction of sp³-hybridized carbons (Fsp3) is 0.750. The van der Waals surface area contributed by atoms with E-state index in [-0.39, 0.29) is 0 Å². The molecule has 0 bridgehead atoms. The lowest BCUT2D eigenvalue weighted by Gasteiger charge is -2.32. The number of hydrogen-bond donors (Lipinski definition) is 2. The molecule has 1 fully saturated rings. The first-order valence-electron chi connectivity index (χ1n) is 8.03. The molecule has 0 spiro atoms. The van der Waals surface area contributed by atoms with Crippen molar-refractivity contribution in [3.05, 3.63) is 18.0 Å². The fourth-order valence-electron chi connectivity index (χ4n) is 3.33. The number of guanidine groups is 1. The minimum Gasteiger partial charge on any atom is -0.355 e. The molecular weight excluding hydrogens is 262 g/mol. The summed E-state index contributed by atoms with van der Waals surface area (Å²) < 4.78 is 1.96. The van der Waals surface area contributed by atoms with Crippen molar-refractivity contribution in [1.29, 1.82) is 0 Å². The molecule has 0 saturated heterocycles. The molecular formula is C16H29N5. The lowest BCUT2D eigenvalue weighted by atomic mass is 9.80. The molecule has 0 amide bonds. The van der Waals surface area contributed by atoms with Crippen LogP contribution in [0.2, 0.25) is 0 Å². The molecule has 1 heterocycles. The van der Waals surface area contributed by atoms with Gasteiger partial charge in [0.25, 0.3) is 0 Å². The Morgan fingerprint density at radius 1 is 1.33 bits per heavy atom. The van der Waals surface area contributed by atoms with Gasteiger partial charge in [-0.2, -0.15) is 5.10 Å². The smallest absolute Gasteiger partial charge is 0.191 e. The number of hydrogen-bond acceptors (Lipinski definition) is 2. The van der Waals surface area contributed by atoms with Gasteiger partial charge in [0.2, 0.25) is 0 Å². The number of rotatable bonds is 4. The Balaban J connectivity index is 1.75. The summed E-state index contributed by atoms with van der Waals surface area (Å²) in [6.07, 6.45) is 7.77. The van der Waals surface area contributed by atoms with Gasteiger partial charge in [0.15, 0.2) is 5.96 Å². The molecule has 0 aromatic carbocycles. The van der Waals surface area contributed by atoms with Crippen molar-refractivity contribution in [2.75, 3.05) is 13.6 Å². The van der Waals surface area contributed by atoms with E-state index < -0.39 is 0 Å². The van der Waals surface area contributed by atoms with Crippen LogP contribution in [0.1, 0.15) is 38.7 Å². The predicted octanol–water partition coefficient (Wildman–Crippen LogP) is 2.18. The standard InChI is InChI=1S/C16H29N5/c1-12-7-13(2)9-15(8-12)20-16(17-4)18-5-6-21-11-14(3)10-19-21/h10-13,15H,5-9H2,1-4H3,(H2,17,18,20). The molecule has 21 heavy (non-hydrogen) atoms. The Hall–Kier alpha value is -1.52. The summed E-state index contributed by atoms with van der Waals surface area (Å²) in [4.78, 5) is 4.33. The summed E-state index contributed by atoms with van der Waals surface area (Å²) >= 11 is 0. The van der Waals surface area contributed by atoms with Crippen LogP contribution in [0.4, 0.5) is 0 Å². The van der Waals surface area contributed by atoms with Gasteiger partial charge in [0, 0.05) is 25.8 Å². The normalized spacial score (nSPS) is 26.7.